The maximum Gasteiger partial charge on any atom is 0.416 e. The Bertz CT molecular complexity index is 389. The van der Waals surface area contributed by atoms with Crippen LogP contribution in [0.25, 0.3) is 0 Å². The molecule has 0 unspecified atom stereocenters. The molecular formula is C9H5BrClF3O. The van der Waals surface area contributed by atoms with Gasteiger partial charge in [-0.2, -0.15) is 13.2 Å². The van der Waals surface area contributed by atoms with Crippen molar-refractivity contribution >= 4 is 33.3 Å². The van der Waals surface area contributed by atoms with Crippen LogP contribution in [0.5, 0.6) is 0 Å². The van der Waals surface area contributed by atoms with Gasteiger partial charge in [0, 0.05) is 5.56 Å². The molecule has 0 saturated heterocycles. The van der Waals surface area contributed by atoms with E-state index in [1.54, 1.807) is 0 Å². The number of hydrogen-bond donors (Lipinski definition) is 0. The van der Waals surface area contributed by atoms with Crippen LogP contribution in [0.4, 0.5) is 13.2 Å². The van der Waals surface area contributed by atoms with Gasteiger partial charge in [-0.1, -0.05) is 27.5 Å². The van der Waals surface area contributed by atoms with Gasteiger partial charge in [0.05, 0.1) is 15.9 Å². The summed E-state index contributed by atoms with van der Waals surface area (Å²) in [5, 5.41) is -0.160. The SMILES string of the molecule is O=C(CBr)c1ccc(C(F)(F)F)cc1Cl. The fraction of sp³-hybridized carbons (Fsp3) is 0.222. The standard InChI is InChI=1S/C9H5BrClF3O/c10-4-8(15)6-2-1-5(3-7(6)11)9(12,13)14/h1-3H,4H2. The summed E-state index contributed by atoms with van der Waals surface area (Å²) in [6, 6.07) is 2.66. The largest absolute Gasteiger partial charge is 0.416 e. The molecule has 0 aliphatic rings. The van der Waals surface area contributed by atoms with Crippen molar-refractivity contribution in [2.45, 2.75) is 6.18 Å². The Hall–Kier alpha value is -0.550. The molecule has 1 nitrogen and oxygen atoms in total. The highest BCUT2D eigenvalue weighted by molar-refractivity contribution is 9.09. The molecule has 1 rings (SSSR count). The van der Waals surface area contributed by atoms with E-state index in [0.29, 0.717) is 0 Å². The molecule has 15 heavy (non-hydrogen) atoms. The average molecular weight is 301 g/mol. The molecule has 1 aromatic rings. The number of carbonyl (C=O) groups is 1. The first-order valence-corrected chi connectivity index (χ1v) is 5.32. The number of halogens is 5. The normalized spacial score (nSPS) is 11.5. The summed E-state index contributed by atoms with van der Waals surface area (Å²) in [5.74, 6) is -0.353. The number of rotatable bonds is 2. The lowest BCUT2D eigenvalue weighted by Gasteiger charge is -2.08. The molecule has 0 aliphatic heterocycles. The van der Waals surface area contributed by atoms with Crippen LogP contribution >= 0.6 is 27.5 Å². The van der Waals surface area contributed by atoms with Gasteiger partial charge in [-0.15, -0.1) is 0 Å². The molecular weight excluding hydrogens is 296 g/mol. The maximum absolute atomic E-state index is 12.2. The quantitative estimate of drug-likeness (QED) is 0.597. The topological polar surface area (TPSA) is 17.1 Å². The summed E-state index contributed by atoms with van der Waals surface area (Å²) < 4.78 is 36.7. The molecule has 0 saturated carbocycles. The number of benzene rings is 1. The zero-order valence-corrected chi connectivity index (χ0v) is 9.58. The zero-order valence-electron chi connectivity index (χ0n) is 7.24. The number of ketones is 1. The van der Waals surface area contributed by atoms with Crippen LogP contribution in [0.1, 0.15) is 15.9 Å². The molecule has 0 N–H and O–H groups in total. The minimum atomic E-state index is -4.44. The van der Waals surface area contributed by atoms with E-state index in [2.05, 4.69) is 15.9 Å². The molecule has 0 aliphatic carbocycles. The van der Waals surface area contributed by atoms with Crippen molar-refractivity contribution in [3.8, 4) is 0 Å². The van der Waals surface area contributed by atoms with Crippen molar-refractivity contribution in [2.24, 2.45) is 0 Å². The van der Waals surface area contributed by atoms with Gasteiger partial charge in [0.25, 0.3) is 0 Å². The first-order chi connectivity index (χ1) is 6.86. The van der Waals surface area contributed by atoms with E-state index in [-0.39, 0.29) is 21.7 Å². The molecule has 82 valence electrons. The molecule has 0 fully saturated rings. The third-order valence-corrected chi connectivity index (χ3v) is 2.54. The predicted molar refractivity (Wildman–Crippen MR) is 54.6 cm³/mol. The fourth-order valence-electron chi connectivity index (χ4n) is 0.990. The van der Waals surface area contributed by atoms with Gasteiger partial charge in [0.1, 0.15) is 0 Å². The summed E-state index contributed by atoms with van der Waals surface area (Å²) in [6.45, 7) is 0. The lowest BCUT2D eigenvalue weighted by Crippen LogP contribution is -2.07. The monoisotopic (exact) mass is 300 g/mol. The first kappa shape index (κ1) is 12.5. The summed E-state index contributed by atoms with van der Waals surface area (Å²) in [6.07, 6.45) is -4.44. The maximum atomic E-state index is 12.2. The third-order valence-electron chi connectivity index (χ3n) is 1.72. The number of carbonyl (C=O) groups excluding carboxylic acids is 1. The Morgan fingerprint density at radius 1 is 1.40 bits per heavy atom. The van der Waals surface area contributed by atoms with E-state index >= 15 is 0 Å². The highest BCUT2D eigenvalue weighted by atomic mass is 79.9. The van der Waals surface area contributed by atoms with Gasteiger partial charge in [-0.25, -0.2) is 0 Å². The Kier molecular flexibility index (Phi) is 3.78. The van der Waals surface area contributed by atoms with Crippen LogP contribution in [-0.4, -0.2) is 11.1 Å². The summed E-state index contributed by atoms with van der Waals surface area (Å²) in [5.41, 5.74) is -0.778. The zero-order chi connectivity index (χ0) is 11.6. The van der Waals surface area contributed by atoms with Gasteiger partial charge in [-0.3, -0.25) is 4.79 Å². The van der Waals surface area contributed by atoms with Gasteiger partial charge in [-0.05, 0) is 18.2 Å². The molecule has 0 atom stereocenters. The Morgan fingerprint density at radius 3 is 2.40 bits per heavy atom. The smallest absolute Gasteiger partial charge is 0.293 e. The van der Waals surface area contributed by atoms with E-state index in [9.17, 15) is 18.0 Å². The van der Waals surface area contributed by atoms with E-state index in [0.717, 1.165) is 18.2 Å². The van der Waals surface area contributed by atoms with E-state index in [1.807, 2.05) is 0 Å². The van der Waals surface area contributed by atoms with Gasteiger partial charge >= 0.3 is 6.18 Å². The van der Waals surface area contributed by atoms with Crippen molar-refractivity contribution in [3.05, 3.63) is 34.3 Å². The van der Waals surface area contributed by atoms with Crippen molar-refractivity contribution < 1.29 is 18.0 Å². The van der Waals surface area contributed by atoms with Gasteiger partial charge in [0.15, 0.2) is 5.78 Å². The summed E-state index contributed by atoms with van der Waals surface area (Å²) in [4.78, 5) is 11.2. The third kappa shape index (κ3) is 2.95. The van der Waals surface area contributed by atoms with E-state index in [1.165, 1.54) is 0 Å². The predicted octanol–water partition coefficient (Wildman–Crippen LogP) is 3.94. The molecule has 1 aromatic carbocycles. The minimum absolute atomic E-state index is 0.0259. The Balaban J connectivity index is 3.15. The Morgan fingerprint density at radius 2 is 2.00 bits per heavy atom. The van der Waals surface area contributed by atoms with Crippen LogP contribution in [0.15, 0.2) is 18.2 Å². The fourth-order valence-corrected chi connectivity index (χ4v) is 1.58. The van der Waals surface area contributed by atoms with Crippen LogP contribution in [-0.2, 0) is 6.18 Å². The molecule has 0 amide bonds. The summed E-state index contributed by atoms with van der Waals surface area (Å²) in [7, 11) is 0. The van der Waals surface area contributed by atoms with Crippen molar-refractivity contribution in [1.82, 2.24) is 0 Å². The van der Waals surface area contributed by atoms with Gasteiger partial charge < -0.3 is 0 Å². The van der Waals surface area contributed by atoms with Crippen LogP contribution in [0.3, 0.4) is 0 Å². The van der Waals surface area contributed by atoms with E-state index in [4.69, 9.17) is 11.6 Å². The lowest BCUT2D eigenvalue weighted by atomic mass is 10.1. The second-order valence-electron chi connectivity index (χ2n) is 2.75. The molecule has 6 heteroatoms. The second kappa shape index (κ2) is 4.53. The number of hydrogen-bond acceptors (Lipinski definition) is 1. The lowest BCUT2D eigenvalue weighted by molar-refractivity contribution is -0.137. The van der Waals surface area contributed by atoms with Crippen LogP contribution in [0, 0.1) is 0 Å². The van der Waals surface area contributed by atoms with Crippen molar-refractivity contribution in [1.29, 1.82) is 0 Å². The molecule has 0 aromatic heterocycles. The molecule has 0 heterocycles. The highest BCUT2D eigenvalue weighted by Crippen LogP contribution is 2.32. The van der Waals surface area contributed by atoms with Crippen molar-refractivity contribution in [2.75, 3.05) is 5.33 Å². The molecule has 0 spiro atoms. The highest BCUT2D eigenvalue weighted by Gasteiger charge is 2.31. The second-order valence-corrected chi connectivity index (χ2v) is 3.72. The van der Waals surface area contributed by atoms with Crippen LogP contribution < -0.4 is 0 Å². The Labute approximate surface area is 97.4 Å². The summed E-state index contributed by atoms with van der Waals surface area (Å²) >= 11 is 8.48. The average Bonchev–Trinajstić information content (AvgIpc) is 2.15. The number of alkyl halides is 4. The molecule has 0 radical (unpaired) electrons. The number of Topliss-reactive ketones (excluding diaryl/α,β-unsaturated/α-hetero) is 1. The minimum Gasteiger partial charge on any atom is -0.293 e. The van der Waals surface area contributed by atoms with Crippen LogP contribution in [0.2, 0.25) is 5.02 Å². The molecule has 0 bridgehead atoms. The van der Waals surface area contributed by atoms with Crippen molar-refractivity contribution in [3.63, 3.8) is 0 Å². The first-order valence-electron chi connectivity index (χ1n) is 3.82. The van der Waals surface area contributed by atoms with Gasteiger partial charge in [0.2, 0.25) is 0 Å². The van der Waals surface area contributed by atoms with E-state index < -0.39 is 11.7 Å².